The lowest BCUT2D eigenvalue weighted by Gasteiger charge is -2.10. The number of aryl methyl sites for hydroxylation is 2. The van der Waals surface area contributed by atoms with Gasteiger partial charge in [0.1, 0.15) is 5.82 Å². The van der Waals surface area contributed by atoms with E-state index in [0.717, 1.165) is 16.0 Å². The Hall–Kier alpha value is -0.570. The highest BCUT2D eigenvalue weighted by Gasteiger charge is 2.16. The Balaban J connectivity index is 2.40. The van der Waals surface area contributed by atoms with Gasteiger partial charge in [0.2, 0.25) is 0 Å². The number of thiophene rings is 1. The fourth-order valence-electron chi connectivity index (χ4n) is 1.73. The Labute approximate surface area is 114 Å². The van der Waals surface area contributed by atoms with Gasteiger partial charge in [-0.25, -0.2) is 4.39 Å². The molecule has 1 aromatic heterocycles. The third-order valence-corrected chi connectivity index (χ3v) is 4.65. The second-order valence-electron chi connectivity index (χ2n) is 3.94. The van der Waals surface area contributed by atoms with E-state index in [4.69, 9.17) is 23.2 Å². The molecule has 17 heavy (non-hydrogen) atoms. The highest BCUT2D eigenvalue weighted by atomic mass is 35.5. The lowest BCUT2D eigenvalue weighted by Crippen LogP contribution is -1.93. The molecule has 90 valence electrons. The van der Waals surface area contributed by atoms with Gasteiger partial charge in [-0.05, 0) is 43.2 Å². The minimum atomic E-state index is -0.418. The van der Waals surface area contributed by atoms with Crippen LogP contribution in [0.1, 0.15) is 26.3 Å². The van der Waals surface area contributed by atoms with Crippen LogP contribution in [0.25, 0.3) is 0 Å². The molecule has 0 fully saturated rings. The number of alkyl halides is 1. The van der Waals surface area contributed by atoms with Crippen LogP contribution in [0.15, 0.2) is 24.3 Å². The van der Waals surface area contributed by atoms with Gasteiger partial charge in [-0.3, -0.25) is 0 Å². The molecule has 1 atom stereocenters. The van der Waals surface area contributed by atoms with Crippen molar-refractivity contribution in [2.24, 2.45) is 0 Å². The molecule has 0 bridgehead atoms. The lowest BCUT2D eigenvalue weighted by molar-refractivity contribution is 0.627. The first-order chi connectivity index (χ1) is 7.99. The molecule has 0 aliphatic heterocycles. The van der Waals surface area contributed by atoms with Crippen LogP contribution < -0.4 is 0 Å². The molecular formula is C13H11Cl2FS. The molecule has 1 heterocycles. The number of hydrogen-bond donors (Lipinski definition) is 0. The van der Waals surface area contributed by atoms with Crippen molar-refractivity contribution in [1.29, 1.82) is 0 Å². The summed E-state index contributed by atoms with van der Waals surface area (Å²) in [5.41, 5.74) is 1.98. The Morgan fingerprint density at radius 1 is 1.24 bits per heavy atom. The molecule has 1 unspecified atom stereocenters. The van der Waals surface area contributed by atoms with E-state index in [2.05, 4.69) is 6.07 Å². The molecule has 1 aromatic carbocycles. The molecule has 0 nitrogen and oxygen atoms in total. The molecule has 0 saturated heterocycles. The van der Waals surface area contributed by atoms with Crippen LogP contribution in [0.2, 0.25) is 5.02 Å². The Bertz CT molecular complexity index is 548. The molecule has 0 saturated carbocycles. The molecule has 0 spiro atoms. The first-order valence-electron chi connectivity index (χ1n) is 5.15. The normalized spacial score (nSPS) is 12.8. The first kappa shape index (κ1) is 12.9. The molecule has 0 N–H and O–H groups in total. The summed E-state index contributed by atoms with van der Waals surface area (Å²) in [4.78, 5) is 2.31. The first-order valence-corrected chi connectivity index (χ1v) is 6.78. The molecule has 4 heteroatoms. The molecular weight excluding hydrogens is 278 g/mol. The van der Waals surface area contributed by atoms with Crippen molar-refractivity contribution in [2.45, 2.75) is 19.2 Å². The highest BCUT2D eigenvalue weighted by molar-refractivity contribution is 7.12. The standard InChI is InChI=1S/C13H11Cl2FS/c1-7-5-8(2)17-13(7)12(15)9-3-4-11(16)10(14)6-9/h3-6,12H,1-2H3. The van der Waals surface area contributed by atoms with Crippen molar-refractivity contribution in [3.8, 4) is 0 Å². The Morgan fingerprint density at radius 3 is 2.47 bits per heavy atom. The minimum Gasteiger partial charge on any atom is -0.205 e. The third-order valence-electron chi connectivity index (χ3n) is 2.55. The zero-order valence-corrected chi connectivity index (χ0v) is 11.8. The van der Waals surface area contributed by atoms with E-state index in [0.29, 0.717) is 0 Å². The summed E-state index contributed by atoms with van der Waals surface area (Å²) in [5, 5.41) is -0.161. The van der Waals surface area contributed by atoms with Crippen LogP contribution in [0.4, 0.5) is 4.39 Å². The average molecular weight is 289 g/mol. The maximum absolute atomic E-state index is 13.1. The number of hydrogen-bond acceptors (Lipinski definition) is 1. The van der Waals surface area contributed by atoms with Gasteiger partial charge in [0, 0.05) is 9.75 Å². The minimum absolute atomic E-state index is 0.110. The molecule has 2 rings (SSSR count). The van der Waals surface area contributed by atoms with Crippen LogP contribution in [-0.2, 0) is 0 Å². The molecule has 0 aliphatic rings. The molecule has 0 amide bonds. The summed E-state index contributed by atoms with van der Waals surface area (Å²) in [6, 6.07) is 6.71. The quantitative estimate of drug-likeness (QED) is 0.642. The van der Waals surface area contributed by atoms with E-state index in [1.54, 1.807) is 23.5 Å². The van der Waals surface area contributed by atoms with Crippen molar-refractivity contribution in [3.05, 3.63) is 56.0 Å². The van der Waals surface area contributed by atoms with Gasteiger partial charge < -0.3 is 0 Å². The maximum Gasteiger partial charge on any atom is 0.141 e. The number of rotatable bonds is 2. The predicted molar refractivity (Wildman–Crippen MR) is 72.9 cm³/mol. The van der Waals surface area contributed by atoms with Gasteiger partial charge in [-0.2, -0.15) is 0 Å². The van der Waals surface area contributed by atoms with Crippen molar-refractivity contribution in [3.63, 3.8) is 0 Å². The van der Waals surface area contributed by atoms with Crippen LogP contribution in [0.5, 0.6) is 0 Å². The smallest absolute Gasteiger partial charge is 0.141 e. The topological polar surface area (TPSA) is 0 Å². The van der Waals surface area contributed by atoms with Gasteiger partial charge in [0.05, 0.1) is 10.4 Å². The van der Waals surface area contributed by atoms with Crippen molar-refractivity contribution in [2.75, 3.05) is 0 Å². The van der Waals surface area contributed by atoms with Gasteiger partial charge in [0.25, 0.3) is 0 Å². The largest absolute Gasteiger partial charge is 0.205 e. The Morgan fingerprint density at radius 2 is 1.94 bits per heavy atom. The summed E-state index contributed by atoms with van der Waals surface area (Å²) in [7, 11) is 0. The van der Waals surface area contributed by atoms with E-state index in [1.165, 1.54) is 10.9 Å². The van der Waals surface area contributed by atoms with Crippen LogP contribution in [-0.4, -0.2) is 0 Å². The molecule has 0 aliphatic carbocycles. The summed E-state index contributed by atoms with van der Waals surface area (Å²) < 4.78 is 13.1. The monoisotopic (exact) mass is 288 g/mol. The average Bonchev–Trinajstić information content (AvgIpc) is 2.61. The van der Waals surface area contributed by atoms with E-state index in [-0.39, 0.29) is 10.4 Å². The van der Waals surface area contributed by atoms with Crippen LogP contribution in [0, 0.1) is 19.7 Å². The van der Waals surface area contributed by atoms with Crippen LogP contribution >= 0.6 is 34.5 Å². The SMILES string of the molecule is Cc1cc(C)c(C(Cl)c2ccc(F)c(Cl)c2)s1. The van der Waals surface area contributed by atoms with Gasteiger partial charge in [-0.15, -0.1) is 22.9 Å². The second kappa shape index (κ2) is 4.97. The highest BCUT2D eigenvalue weighted by Crippen LogP contribution is 2.37. The van der Waals surface area contributed by atoms with Crippen molar-refractivity contribution >= 4 is 34.5 Å². The number of halogens is 3. The van der Waals surface area contributed by atoms with Crippen molar-refractivity contribution < 1.29 is 4.39 Å². The van der Waals surface area contributed by atoms with E-state index in [1.807, 2.05) is 13.8 Å². The van der Waals surface area contributed by atoms with Crippen molar-refractivity contribution in [1.82, 2.24) is 0 Å². The number of benzene rings is 1. The summed E-state index contributed by atoms with van der Waals surface area (Å²) in [6.45, 7) is 4.07. The zero-order chi connectivity index (χ0) is 12.6. The van der Waals surface area contributed by atoms with Gasteiger partial charge in [0.15, 0.2) is 0 Å². The fraction of sp³-hybridized carbons (Fsp3) is 0.231. The summed E-state index contributed by atoms with van der Waals surface area (Å²) >= 11 is 13.8. The predicted octanol–water partition coefficient (Wildman–Crippen LogP) is 5.49. The molecule has 2 aromatic rings. The summed E-state index contributed by atoms with van der Waals surface area (Å²) in [5.74, 6) is -0.418. The van der Waals surface area contributed by atoms with E-state index < -0.39 is 5.82 Å². The van der Waals surface area contributed by atoms with E-state index in [9.17, 15) is 4.39 Å². The summed E-state index contributed by atoms with van der Waals surface area (Å²) in [6.07, 6.45) is 0. The second-order valence-corrected chi connectivity index (χ2v) is 6.07. The lowest BCUT2D eigenvalue weighted by atomic mass is 10.1. The molecule has 0 radical (unpaired) electrons. The van der Waals surface area contributed by atoms with Crippen LogP contribution in [0.3, 0.4) is 0 Å². The third kappa shape index (κ3) is 2.65. The fourth-order valence-corrected chi connectivity index (χ4v) is 3.40. The zero-order valence-electron chi connectivity index (χ0n) is 9.43. The Kier molecular flexibility index (Phi) is 3.76. The van der Waals surface area contributed by atoms with Gasteiger partial charge >= 0.3 is 0 Å². The maximum atomic E-state index is 13.1. The van der Waals surface area contributed by atoms with Gasteiger partial charge in [-0.1, -0.05) is 17.7 Å². The van der Waals surface area contributed by atoms with E-state index >= 15 is 0 Å².